The third-order valence-corrected chi connectivity index (χ3v) is 7.32. The number of fused-ring (bicyclic) bond motifs is 1. The molecule has 6 rings (SSSR count). The molecule has 3 saturated heterocycles. The first kappa shape index (κ1) is 17.2. The lowest BCUT2D eigenvalue weighted by Gasteiger charge is -2.34. The van der Waals surface area contributed by atoms with Crippen molar-refractivity contribution in [2.75, 3.05) is 13.2 Å². The Bertz CT molecular complexity index is 966. The number of benzene rings is 2. The summed E-state index contributed by atoms with van der Waals surface area (Å²) in [6, 6.07) is 18.2. The third kappa shape index (κ3) is 2.37. The van der Waals surface area contributed by atoms with Gasteiger partial charge in [0.25, 0.3) is 0 Å². The van der Waals surface area contributed by atoms with Crippen molar-refractivity contribution in [1.82, 2.24) is 9.80 Å². The van der Waals surface area contributed by atoms with Crippen molar-refractivity contribution in [3.05, 3.63) is 71.3 Å². The van der Waals surface area contributed by atoms with Crippen molar-refractivity contribution in [3.63, 3.8) is 0 Å². The van der Waals surface area contributed by atoms with Crippen LogP contribution in [0.5, 0.6) is 0 Å². The molecule has 2 aromatic rings. The highest BCUT2D eigenvalue weighted by Gasteiger charge is 2.65. The zero-order valence-corrected chi connectivity index (χ0v) is 16.3. The van der Waals surface area contributed by atoms with E-state index in [0.29, 0.717) is 26.0 Å². The number of likely N-dealkylation sites (tertiary alicyclic amines) is 1. The van der Waals surface area contributed by atoms with Gasteiger partial charge in [-0.15, -0.1) is 0 Å². The van der Waals surface area contributed by atoms with Gasteiger partial charge in [0.05, 0.1) is 25.1 Å². The van der Waals surface area contributed by atoms with Gasteiger partial charge >= 0.3 is 0 Å². The lowest BCUT2D eigenvalue weighted by atomic mass is 10.0. The van der Waals surface area contributed by atoms with E-state index in [4.69, 9.17) is 4.74 Å². The molecule has 148 valence electrons. The van der Waals surface area contributed by atoms with Crippen molar-refractivity contribution >= 4 is 11.8 Å². The minimum atomic E-state index is -0.640. The topological polar surface area (TPSA) is 49.9 Å². The molecule has 2 amide bonds. The molecule has 2 aromatic carbocycles. The molecule has 1 spiro atoms. The summed E-state index contributed by atoms with van der Waals surface area (Å²) < 4.78 is 6.34. The zero-order valence-electron chi connectivity index (χ0n) is 16.3. The average molecular weight is 388 g/mol. The van der Waals surface area contributed by atoms with Crippen LogP contribution < -0.4 is 0 Å². The van der Waals surface area contributed by atoms with E-state index in [9.17, 15) is 9.59 Å². The molecule has 0 saturated carbocycles. The summed E-state index contributed by atoms with van der Waals surface area (Å²) in [6.07, 6.45) is 2.68. The van der Waals surface area contributed by atoms with Gasteiger partial charge in [0.2, 0.25) is 11.8 Å². The van der Waals surface area contributed by atoms with Crippen LogP contribution in [0.3, 0.4) is 0 Å². The van der Waals surface area contributed by atoms with Gasteiger partial charge in [0.1, 0.15) is 0 Å². The number of ether oxygens (including phenoxy) is 1. The quantitative estimate of drug-likeness (QED) is 0.795. The summed E-state index contributed by atoms with van der Waals surface area (Å²) in [7, 11) is 0. The van der Waals surface area contributed by atoms with Crippen LogP contribution in [0.2, 0.25) is 0 Å². The second-order valence-corrected chi connectivity index (χ2v) is 8.72. The van der Waals surface area contributed by atoms with Crippen molar-refractivity contribution in [3.8, 4) is 0 Å². The summed E-state index contributed by atoms with van der Waals surface area (Å²) >= 11 is 0. The number of amides is 2. The zero-order chi connectivity index (χ0) is 19.6. The molecule has 0 unspecified atom stereocenters. The van der Waals surface area contributed by atoms with Crippen molar-refractivity contribution < 1.29 is 14.3 Å². The lowest BCUT2D eigenvalue weighted by molar-refractivity contribution is -0.143. The standard InChI is InChI=1S/C24H24N2O3/c27-22-14-21-24(26(22)20(15-29-24)16-6-2-1-3-7-16)10-11-25(21)23(28)19-12-17-8-4-5-9-18(17)13-19/h1-9,19-21H,10-15H2/t20-,21+,24-/m0/s1. The van der Waals surface area contributed by atoms with E-state index >= 15 is 0 Å². The van der Waals surface area contributed by atoms with Crippen LogP contribution in [0.4, 0.5) is 0 Å². The Labute approximate surface area is 170 Å². The van der Waals surface area contributed by atoms with Gasteiger partial charge in [-0.3, -0.25) is 9.59 Å². The molecule has 0 aromatic heterocycles. The third-order valence-electron chi connectivity index (χ3n) is 7.32. The molecule has 5 nitrogen and oxygen atoms in total. The van der Waals surface area contributed by atoms with E-state index in [1.165, 1.54) is 11.1 Å². The van der Waals surface area contributed by atoms with Gasteiger partial charge in [0, 0.05) is 18.9 Å². The maximum Gasteiger partial charge on any atom is 0.227 e. The monoisotopic (exact) mass is 388 g/mol. The average Bonchev–Trinajstić information content (AvgIpc) is 3.48. The van der Waals surface area contributed by atoms with E-state index < -0.39 is 5.72 Å². The summed E-state index contributed by atoms with van der Waals surface area (Å²) in [6.45, 7) is 1.17. The van der Waals surface area contributed by atoms with Crippen molar-refractivity contribution in [2.45, 2.75) is 43.5 Å². The normalized spacial score (nSPS) is 30.6. The Morgan fingerprint density at radius 1 is 0.966 bits per heavy atom. The molecule has 29 heavy (non-hydrogen) atoms. The van der Waals surface area contributed by atoms with E-state index in [0.717, 1.165) is 18.4 Å². The minimum Gasteiger partial charge on any atom is -0.351 e. The highest BCUT2D eigenvalue weighted by atomic mass is 16.5. The number of hydrogen-bond donors (Lipinski definition) is 0. The largest absolute Gasteiger partial charge is 0.351 e. The highest BCUT2D eigenvalue weighted by Crippen LogP contribution is 2.52. The van der Waals surface area contributed by atoms with E-state index in [1.54, 1.807) is 0 Å². The van der Waals surface area contributed by atoms with Crippen LogP contribution >= 0.6 is 0 Å². The second-order valence-electron chi connectivity index (χ2n) is 8.72. The lowest BCUT2D eigenvalue weighted by Crippen LogP contribution is -2.50. The molecule has 0 N–H and O–H groups in total. The molecular formula is C24H24N2O3. The minimum absolute atomic E-state index is 0.0157. The first-order chi connectivity index (χ1) is 14.2. The number of rotatable bonds is 2. The van der Waals surface area contributed by atoms with Gasteiger partial charge in [0.15, 0.2) is 5.72 Å². The Balaban J connectivity index is 1.26. The van der Waals surface area contributed by atoms with Crippen molar-refractivity contribution in [1.29, 1.82) is 0 Å². The van der Waals surface area contributed by atoms with Gasteiger partial charge < -0.3 is 14.5 Å². The van der Waals surface area contributed by atoms with Crippen LogP contribution in [-0.4, -0.2) is 46.5 Å². The van der Waals surface area contributed by atoms with Gasteiger partial charge in [-0.05, 0) is 29.5 Å². The molecule has 0 radical (unpaired) electrons. The van der Waals surface area contributed by atoms with Crippen LogP contribution in [-0.2, 0) is 27.2 Å². The molecule has 5 heteroatoms. The first-order valence-corrected chi connectivity index (χ1v) is 10.6. The molecule has 3 heterocycles. The van der Waals surface area contributed by atoms with Gasteiger partial charge in [-0.25, -0.2) is 0 Å². The van der Waals surface area contributed by atoms with Crippen LogP contribution in [0.15, 0.2) is 54.6 Å². The Morgan fingerprint density at radius 3 is 2.38 bits per heavy atom. The highest BCUT2D eigenvalue weighted by molar-refractivity contribution is 5.86. The summed E-state index contributed by atoms with van der Waals surface area (Å²) in [5.74, 6) is 0.274. The number of nitrogens with zero attached hydrogens (tertiary/aromatic N) is 2. The summed E-state index contributed by atoms with van der Waals surface area (Å²) in [5.41, 5.74) is 3.03. The second kappa shape index (κ2) is 6.17. The smallest absolute Gasteiger partial charge is 0.227 e. The Kier molecular flexibility index (Phi) is 3.66. The molecule has 3 aliphatic heterocycles. The van der Waals surface area contributed by atoms with Gasteiger partial charge in [-0.2, -0.15) is 0 Å². The maximum atomic E-state index is 13.4. The van der Waals surface area contributed by atoms with Crippen LogP contribution in [0.25, 0.3) is 0 Å². The first-order valence-electron chi connectivity index (χ1n) is 10.6. The number of carbonyl (C=O) groups excluding carboxylic acids is 2. The molecular weight excluding hydrogens is 364 g/mol. The van der Waals surface area contributed by atoms with E-state index in [1.807, 2.05) is 40.1 Å². The van der Waals surface area contributed by atoms with E-state index in [2.05, 4.69) is 24.3 Å². The predicted molar refractivity (Wildman–Crippen MR) is 107 cm³/mol. The number of hydrogen-bond acceptors (Lipinski definition) is 3. The Morgan fingerprint density at radius 2 is 1.66 bits per heavy atom. The SMILES string of the molecule is O=C(C1Cc2ccccc2C1)N1CC[C@@]23OC[C@@H](c4ccccc4)N2C(=O)C[C@@H]13. The molecule has 3 atom stereocenters. The fraction of sp³-hybridized carbons (Fsp3) is 0.417. The van der Waals surface area contributed by atoms with Crippen LogP contribution in [0.1, 0.15) is 35.6 Å². The number of carbonyl (C=O) groups is 2. The van der Waals surface area contributed by atoms with E-state index in [-0.39, 0.29) is 29.8 Å². The molecule has 3 fully saturated rings. The predicted octanol–water partition coefficient (Wildman–Crippen LogP) is 2.70. The summed E-state index contributed by atoms with van der Waals surface area (Å²) in [5, 5.41) is 0. The van der Waals surface area contributed by atoms with Crippen LogP contribution in [0, 0.1) is 5.92 Å². The molecule has 4 aliphatic rings. The molecule has 0 bridgehead atoms. The summed E-state index contributed by atoms with van der Waals surface area (Å²) in [4.78, 5) is 30.4. The van der Waals surface area contributed by atoms with Gasteiger partial charge in [-0.1, -0.05) is 54.6 Å². The fourth-order valence-electron chi connectivity index (χ4n) is 6.00. The van der Waals surface area contributed by atoms with Crippen molar-refractivity contribution in [2.24, 2.45) is 5.92 Å². The fourth-order valence-corrected chi connectivity index (χ4v) is 6.00. The maximum absolute atomic E-state index is 13.4. The Hall–Kier alpha value is -2.66. The molecule has 1 aliphatic carbocycles.